The minimum absolute atomic E-state index is 0.402. The summed E-state index contributed by atoms with van der Waals surface area (Å²) in [6.45, 7) is 0. The summed E-state index contributed by atoms with van der Waals surface area (Å²) in [7, 11) is 0. The summed E-state index contributed by atoms with van der Waals surface area (Å²) < 4.78 is 215. The van der Waals surface area contributed by atoms with E-state index in [0.717, 1.165) is 36.4 Å². The molecule has 5 aromatic rings. The Bertz CT molecular complexity index is 2060. The fourth-order valence-corrected chi connectivity index (χ4v) is 4.75. The van der Waals surface area contributed by atoms with E-state index in [1.54, 1.807) is 0 Å². The second kappa shape index (κ2) is 12.2. The molecule has 0 bridgehead atoms. The average Bonchev–Trinajstić information content (AvgIpc) is 3.06. The van der Waals surface area contributed by atoms with E-state index in [9.17, 15) is 57.1 Å². The van der Waals surface area contributed by atoms with Crippen molar-refractivity contribution in [1.82, 2.24) is 0 Å². The fraction of sp³-hybridized carbons (Fsp3) is 0. The predicted octanol–water partition coefficient (Wildman–Crippen LogP) is 10.9. The van der Waals surface area contributed by atoms with Crippen LogP contribution in [0.15, 0.2) is 42.5 Å². The highest BCUT2D eigenvalue weighted by Crippen LogP contribution is 2.44. The normalized spacial score (nSPS) is 11.6. The molecule has 5 aromatic carbocycles. The van der Waals surface area contributed by atoms with Gasteiger partial charge in [0.05, 0.1) is 16.7 Å². The van der Waals surface area contributed by atoms with Crippen molar-refractivity contribution in [2.75, 3.05) is 0 Å². The smallest absolute Gasteiger partial charge is 0.200 e. The summed E-state index contributed by atoms with van der Waals surface area (Å²) in [5.74, 6) is -37.4. The second-order valence-corrected chi connectivity index (χ2v) is 9.53. The van der Waals surface area contributed by atoms with Gasteiger partial charge in [0, 0.05) is 5.56 Å². The largest absolute Gasteiger partial charge is 0.203 e. The van der Waals surface area contributed by atoms with Crippen molar-refractivity contribution in [1.29, 1.82) is 0 Å². The molecule has 0 fully saturated rings. The molecule has 242 valence electrons. The van der Waals surface area contributed by atoms with Gasteiger partial charge in [0.25, 0.3) is 0 Å². The van der Waals surface area contributed by atoms with Gasteiger partial charge in [0.15, 0.2) is 69.8 Å². The number of hydrogen-bond acceptors (Lipinski definition) is 0. The topological polar surface area (TPSA) is 0 Å². The second-order valence-electron chi connectivity index (χ2n) is 9.53. The molecular formula is C32H9F15. The summed E-state index contributed by atoms with van der Waals surface area (Å²) in [4.78, 5) is 0. The quantitative estimate of drug-likeness (QED) is 0.0751. The van der Waals surface area contributed by atoms with E-state index in [4.69, 9.17) is 0 Å². The highest BCUT2D eigenvalue weighted by molar-refractivity contribution is 5.93. The lowest BCUT2D eigenvalue weighted by Crippen LogP contribution is -2.08. The van der Waals surface area contributed by atoms with E-state index >= 15 is 8.78 Å². The third kappa shape index (κ3) is 5.19. The van der Waals surface area contributed by atoms with Gasteiger partial charge in [-0.1, -0.05) is 54.6 Å². The fourth-order valence-electron chi connectivity index (χ4n) is 4.75. The van der Waals surface area contributed by atoms with E-state index in [2.05, 4.69) is 0 Å². The number of rotatable bonds is 5. The maximum Gasteiger partial charge on any atom is 0.200 e. The summed E-state index contributed by atoms with van der Waals surface area (Å²) in [6, 6.07) is 6.37. The Labute approximate surface area is 252 Å². The highest BCUT2D eigenvalue weighted by atomic mass is 19.2. The maximum absolute atomic E-state index is 15.1. The number of halogens is 15. The first-order valence-corrected chi connectivity index (χ1v) is 12.6. The van der Waals surface area contributed by atoms with E-state index in [0.29, 0.717) is 12.1 Å². The van der Waals surface area contributed by atoms with E-state index < -0.39 is 132 Å². The molecule has 0 heterocycles. The number of hydrogen-bond donors (Lipinski definition) is 0. The summed E-state index contributed by atoms with van der Waals surface area (Å²) in [5, 5.41) is 0. The summed E-state index contributed by atoms with van der Waals surface area (Å²) in [6.07, 6.45) is 1.47. The highest BCUT2D eigenvalue weighted by Gasteiger charge is 2.33. The van der Waals surface area contributed by atoms with E-state index in [1.165, 1.54) is 6.07 Å². The summed E-state index contributed by atoms with van der Waals surface area (Å²) >= 11 is 0. The molecule has 0 amide bonds. The van der Waals surface area contributed by atoms with Crippen LogP contribution >= 0.6 is 0 Å². The molecule has 15 heteroatoms. The molecule has 0 atom stereocenters. The molecule has 5 rings (SSSR count). The van der Waals surface area contributed by atoms with Crippen LogP contribution in [0.3, 0.4) is 0 Å². The van der Waals surface area contributed by atoms with Crippen molar-refractivity contribution >= 4 is 12.2 Å². The lowest BCUT2D eigenvalue weighted by atomic mass is 9.88. The van der Waals surface area contributed by atoms with Gasteiger partial charge in [-0.25, -0.2) is 65.9 Å². The zero-order valence-electron chi connectivity index (χ0n) is 22.4. The lowest BCUT2D eigenvalue weighted by molar-refractivity contribution is 0.380. The zero-order chi connectivity index (χ0) is 34.6. The van der Waals surface area contributed by atoms with Crippen LogP contribution in [0.2, 0.25) is 0 Å². The molecule has 0 unspecified atom stereocenters. The maximum atomic E-state index is 15.1. The van der Waals surface area contributed by atoms with Crippen molar-refractivity contribution in [3.63, 3.8) is 0 Å². The Balaban J connectivity index is 1.86. The van der Waals surface area contributed by atoms with Crippen molar-refractivity contribution < 1.29 is 65.9 Å². The minimum atomic E-state index is -2.66. The molecule has 0 nitrogen and oxygen atoms in total. The van der Waals surface area contributed by atoms with Crippen molar-refractivity contribution in [3.05, 3.63) is 141 Å². The Morgan fingerprint density at radius 2 is 0.553 bits per heavy atom. The molecule has 0 aromatic heterocycles. The third-order valence-corrected chi connectivity index (χ3v) is 6.92. The van der Waals surface area contributed by atoms with Gasteiger partial charge in [-0.15, -0.1) is 0 Å². The molecule has 0 N–H and O–H groups in total. The summed E-state index contributed by atoms with van der Waals surface area (Å²) in [5.41, 5.74) is -9.56. The van der Waals surface area contributed by atoms with E-state index in [1.807, 2.05) is 0 Å². The van der Waals surface area contributed by atoms with Gasteiger partial charge in [-0.3, -0.25) is 0 Å². The van der Waals surface area contributed by atoms with Crippen LogP contribution in [-0.4, -0.2) is 0 Å². The molecule has 0 aliphatic rings. The van der Waals surface area contributed by atoms with Gasteiger partial charge in [0.2, 0.25) is 17.5 Å². The Hall–Kier alpha value is -5.21. The van der Waals surface area contributed by atoms with Gasteiger partial charge in [-0.05, 0) is 22.3 Å². The van der Waals surface area contributed by atoms with Crippen LogP contribution < -0.4 is 0 Å². The zero-order valence-corrected chi connectivity index (χ0v) is 22.4. The van der Waals surface area contributed by atoms with Crippen LogP contribution in [-0.2, 0) is 0 Å². The van der Waals surface area contributed by atoms with Crippen molar-refractivity contribution in [2.24, 2.45) is 0 Å². The van der Waals surface area contributed by atoms with Crippen LogP contribution in [0, 0.1) is 87.3 Å². The first kappa shape index (κ1) is 33.2. The van der Waals surface area contributed by atoms with Gasteiger partial charge < -0.3 is 0 Å². The first-order valence-electron chi connectivity index (χ1n) is 12.6. The molecule has 0 aliphatic carbocycles. The SMILES string of the molecule is Fc1c(F)c(F)c(-c2ccccc2/C=C/c2cccc(-c3c(F)c(F)c(F)c(F)c3F)c2-c2c(F)c(F)c(F)c(F)c2F)c(F)c1F. The van der Waals surface area contributed by atoms with Crippen molar-refractivity contribution in [3.8, 4) is 33.4 Å². The standard InChI is InChI=1S/C32H9F15/c33-18-15(19(34)25(40)30(45)24(18)39)12-6-2-1-4-10(12)8-9-11-5-3-7-13(16-20(35)26(41)31(46)27(42)21(16)36)14(11)17-22(37)28(43)32(47)29(44)23(17)38/h1-9H/b9-8+. The minimum Gasteiger partial charge on any atom is -0.203 e. The number of benzene rings is 5. The molecule has 0 radical (unpaired) electrons. The van der Waals surface area contributed by atoms with Crippen LogP contribution in [0.1, 0.15) is 11.1 Å². The lowest BCUT2D eigenvalue weighted by Gasteiger charge is -2.18. The van der Waals surface area contributed by atoms with Gasteiger partial charge >= 0.3 is 0 Å². The Morgan fingerprint density at radius 1 is 0.255 bits per heavy atom. The van der Waals surface area contributed by atoms with Crippen LogP contribution in [0.25, 0.3) is 45.5 Å². The molecular weight excluding hydrogens is 669 g/mol. The van der Waals surface area contributed by atoms with Crippen LogP contribution in [0.5, 0.6) is 0 Å². The molecule has 0 saturated heterocycles. The Kier molecular flexibility index (Phi) is 8.60. The van der Waals surface area contributed by atoms with E-state index in [-0.39, 0.29) is 0 Å². The van der Waals surface area contributed by atoms with Gasteiger partial charge in [-0.2, -0.15) is 0 Å². The third-order valence-electron chi connectivity index (χ3n) is 6.92. The Morgan fingerprint density at radius 3 is 1.00 bits per heavy atom. The molecule has 0 spiro atoms. The monoisotopic (exact) mass is 678 g/mol. The van der Waals surface area contributed by atoms with Crippen LogP contribution in [0.4, 0.5) is 65.9 Å². The molecule has 0 saturated carbocycles. The van der Waals surface area contributed by atoms with Gasteiger partial charge in [0.1, 0.15) is 0 Å². The average molecular weight is 678 g/mol. The first-order chi connectivity index (χ1) is 22.1. The molecule has 0 aliphatic heterocycles. The van der Waals surface area contributed by atoms with Crippen molar-refractivity contribution in [2.45, 2.75) is 0 Å². The molecule has 47 heavy (non-hydrogen) atoms. The predicted molar refractivity (Wildman–Crippen MR) is 137 cm³/mol.